The predicted octanol–water partition coefficient (Wildman–Crippen LogP) is 1.98. The van der Waals surface area contributed by atoms with Crippen LogP contribution in [0.2, 0.25) is 5.02 Å². The Kier molecular flexibility index (Phi) is 3.22. The molecule has 0 atom stereocenters. The minimum Gasteiger partial charge on any atom is -0.392 e. The number of aliphatic hydroxyl groups is 1. The summed E-state index contributed by atoms with van der Waals surface area (Å²) in [5.74, 6) is 1.65. The van der Waals surface area contributed by atoms with Crippen LogP contribution in [-0.2, 0) is 13.0 Å². The van der Waals surface area contributed by atoms with E-state index in [2.05, 4.69) is 9.97 Å². The molecule has 0 radical (unpaired) electrons. The highest BCUT2D eigenvalue weighted by molar-refractivity contribution is 6.31. The lowest BCUT2D eigenvalue weighted by Gasteiger charge is -2.07. The summed E-state index contributed by atoms with van der Waals surface area (Å²) in [6, 6.07) is 1.77. The molecule has 2 heterocycles. The van der Waals surface area contributed by atoms with Gasteiger partial charge in [-0.05, 0) is 6.07 Å². The number of aromatic nitrogens is 3. The van der Waals surface area contributed by atoms with Crippen molar-refractivity contribution in [3.8, 4) is 5.82 Å². The first kappa shape index (κ1) is 11.1. The van der Waals surface area contributed by atoms with Crippen molar-refractivity contribution in [3.63, 3.8) is 0 Å². The highest BCUT2D eigenvalue weighted by Gasteiger charge is 2.07. The second-order valence-electron chi connectivity index (χ2n) is 3.36. The molecule has 2 aromatic rings. The molecule has 1 N–H and O–H groups in total. The average molecular weight is 238 g/mol. The Morgan fingerprint density at radius 3 is 2.94 bits per heavy atom. The van der Waals surface area contributed by atoms with E-state index in [1.807, 2.05) is 17.7 Å². The van der Waals surface area contributed by atoms with Crippen molar-refractivity contribution < 1.29 is 5.11 Å². The summed E-state index contributed by atoms with van der Waals surface area (Å²) in [5.41, 5.74) is 0.669. The summed E-state index contributed by atoms with van der Waals surface area (Å²) in [4.78, 5) is 8.43. The topological polar surface area (TPSA) is 50.9 Å². The van der Waals surface area contributed by atoms with Crippen LogP contribution in [0.1, 0.15) is 18.3 Å². The molecule has 2 rings (SSSR count). The second-order valence-corrected chi connectivity index (χ2v) is 3.77. The SMILES string of the molecule is CCc1nccn1-c1cc(CO)c(Cl)cn1. The zero-order valence-electron chi connectivity index (χ0n) is 8.89. The van der Waals surface area contributed by atoms with E-state index in [1.54, 1.807) is 18.5 Å². The predicted molar refractivity (Wildman–Crippen MR) is 61.7 cm³/mol. The van der Waals surface area contributed by atoms with Crippen LogP contribution < -0.4 is 0 Å². The number of pyridine rings is 1. The molecule has 0 aliphatic heterocycles. The summed E-state index contributed by atoms with van der Waals surface area (Å²) in [5, 5.41) is 9.61. The number of hydrogen-bond acceptors (Lipinski definition) is 3. The molecule has 84 valence electrons. The number of hydrogen-bond donors (Lipinski definition) is 1. The fraction of sp³-hybridized carbons (Fsp3) is 0.273. The van der Waals surface area contributed by atoms with Crippen molar-refractivity contribution in [2.45, 2.75) is 20.0 Å². The molecule has 0 saturated heterocycles. The second kappa shape index (κ2) is 4.63. The quantitative estimate of drug-likeness (QED) is 0.888. The van der Waals surface area contributed by atoms with E-state index in [0.717, 1.165) is 18.1 Å². The fourth-order valence-corrected chi connectivity index (χ4v) is 1.69. The monoisotopic (exact) mass is 237 g/mol. The van der Waals surface area contributed by atoms with E-state index >= 15 is 0 Å². The molecule has 0 bridgehead atoms. The lowest BCUT2D eigenvalue weighted by atomic mass is 10.2. The van der Waals surface area contributed by atoms with Crippen molar-refractivity contribution in [1.82, 2.24) is 14.5 Å². The molecule has 0 aromatic carbocycles. The molecule has 4 nitrogen and oxygen atoms in total. The van der Waals surface area contributed by atoms with Crippen molar-refractivity contribution in [3.05, 3.63) is 41.1 Å². The third-order valence-electron chi connectivity index (χ3n) is 2.37. The molecule has 0 saturated carbocycles. The largest absolute Gasteiger partial charge is 0.392 e. The van der Waals surface area contributed by atoms with Gasteiger partial charge in [-0.1, -0.05) is 18.5 Å². The van der Waals surface area contributed by atoms with Gasteiger partial charge in [-0.25, -0.2) is 9.97 Å². The first-order valence-corrected chi connectivity index (χ1v) is 5.42. The first-order chi connectivity index (χ1) is 7.76. The van der Waals surface area contributed by atoms with Gasteiger partial charge < -0.3 is 5.11 Å². The summed E-state index contributed by atoms with van der Waals surface area (Å²) in [6.45, 7) is 1.94. The zero-order valence-corrected chi connectivity index (χ0v) is 9.65. The van der Waals surface area contributed by atoms with Crippen LogP contribution in [0.4, 0.5) is 0 Å². The molecular formula is C11H12ClN3O. The first-order valence-electron chi connectivity index (χ1n) is 5.04. The highest BCUT2D eigenvalue weighted by atomic mass is 35.5. The van der Waals surface area contributed by atoms with Crippen LogP contribution in [0, 0.1) is 0 Å². The molecule has 2 aromatic heterocycles. The molecule has 0 aliphatic rings. The van der Waals surface area contributed by atoms with Gasteiger partial charge in [0, 0.05) is 30.6 Å². The van der Waals surface area contributed by atoms with E-state index in [9.17, 15) is 0 Å². The average Bonchev–Trinajstić information content (AvgIpc) is 2.78. The standard InChI is InChI=1S/C11H12ClN3O/c1-2-10-13-3-4-15(10)11-5-8(7-16)9(12)6-14-11/h3-6,16H,2,7H2,1H3. The number of aryl methyl sites for hydroxylation is 1. The Labute approximate surface area is 98.5 Å². The summed E-state index contributed by atoms with van der Waals surface area (Å²) < 4.78 is 1.88. The normalized spacial score (nSPS) is 10.7. The number of halogens is 1. The third kappa shape index (κ3) is 1.94. The Morgan fingerprint density at radius 1 is 1.44 bits per heavy atom. The maximum Gasteiger partial charge on any atom is 0.138 e. The lowest BCUT2D eigenvalue weighted by molar-refractivity contribution is 0.282. The van der Waals surface area contributed by atoms with Crippen molar-refractivity contribution >= 4 is 11.6 Å². The van der Waals surface area contributed by atoms with E-state index in [-0.39, 0.29) is 6.61 Å². The molecule has 0 fully saturated rings. The van der Waals surface area contributed by atoms with Gasteiger partial charge in [0.2, 0.25) is 0 Å². The molecule has 0 amide bonds. The summed E-state index contributed by atoms with van der Waals surface area (Å²) in [6.07, 6.45) is 5.94. The van der Waals surface area contributed by atoms with E-state index in [1.165, 1.54) is 0 Å². The van der Waals surface area contributed by atoms with Gasteiger partial charge in [0.05, 0.1) is 11.6 Å². The minimum absolute atomic E-state index is 0.0927. The van der Waals surface area contributed by atoms with Gasteiger partial charge in [-0.2, -0.15) is 0 Å². The highest BCUT2D eigenvalue weighted by Crippen LogP contribution is 2.18. The maximum atomic E-state index is 9.13. The van der Waals surface area contributed by atoms with Gasteiger partial charge in [0.25, 0.3) is 0 Å². The minimum atomic E-state index is -0.0927. The summed E-state index contributed by atoms with van der Waals surface area (Å²) in [7, 11) is 0. The third-order valence-corrected chi connectivity index (χ3v) is 2.71. The fourth-order valence-electron chi connectivity index (χ4n) is 1.53. The van der Waals surface area contributed by atoms with Crippen molar-refractivity contribution in [2.75, 3.05) is 0 Å². The van der Waals surface area contributed by atoms with Crippen LogP contribution in [0.15, 0.2) is 24.7 Å². The Morgan fingerprint density at radius 2 is 2.25 bits per heavy atom. The number of imidazole rings is 1. The maximum absolute atomic E-state index is 9.13. The lowest BCUT2D eigenvalue weighted by Crippen LogP contribution is -2.02. The molecule has 0 aliphatic carbocycles. The van der Waals surface area contributed by atoms with Crippen molar-refractivity contribution in [2.24, 2.45) is 0 Å². The van der Waals surface area contributed by atoms with Crippen LogP contribution in [0.3, 0.4) is 0 Å². The number of rotatable bonds is 3. The van der Waals surface area contributed by atoms with Crippen molar-refractivity contribution in [1.29, 1.82) is 0 Å². The van der Waals surface area contributed by atoms with Gasteiger partial charge in [0.1, 0.15) is 11.6 Å². The van der Waals surface area contributed by atoms with E-state index in [0.29, 0.717) is 10.6 Å². The van der Waals surface area contributed by atoms with Gasteiger partial charge >= 0.3 is 0 Å². The van der Waals surface area contributed by atoms with E-state index < -0.39 is 0 Å². The zero-order chi connectivity index (χ0) is 11.5. The number of nitrogens with zero attached hydrogens (tertiary/aromatic N) is 3. The Bertz CT molecular complexity index is 496. The molecule has 0 unspecified atom stereocenters. The van der Waals surface area contributed by atoms with Crippen LogP contribution in [-0.4, -0.2) is 19.6 Å². The molecule has 16 heavy (non-hydrogen) atoms. The van der Waals surface area contributed by atoms with Crippen LogP contribution in [0.5, 0.6) is 0 Å². The van der Waals surface area contributed by atoms with Crippen LogP contribution >= 0.6 is 11.6 Å². The molecular weight excluding hydrogens is 226 g/mol. The Hall–Kier alpha value is -1.39. The van der Waals surface area contributed by atoms with Crippen LogP contribution in [0.25, 0.3) is 5.82 Å². The number of aliphatic hydroxyl groups excluding tert-OH is 1. The molecule has 5 heteroatoms. The summed E-state index contributed by atoms with van der Waals surface area (Å²) >= 11 is 5.88. The van der Waals surface area contributed by atoms with Gasteiger partial charge in [0.15, 0.2) is 0 Å². The molecule has 0 spiro atoms. The Balaban J connectivity index is 2.48. The smallest absolute Gasteiger partial charge is 0.138 e. The van der Waals surface area contributed by atoms with E-state index in [4.69, 9.17) is 16.7 Å². The van der Waals surface area contributed by atoms with Gasteiger partial charge in [-0.3, -0.25) is 4.57 Å². The van der Waals surface area contributed by atoms with Gasteiger partial charge in [-0.15, -0.1) is 0 Å².